The highest BCUT2D eigenvalue weighted by atomic mass is 16.2. The van der Waals surface area contributed by atoms with Crippen molar-refractivity contribution in [1.29, 1.82) is 0 Å². The topological polar surface area (TPSA) is 67.2 Å². The van der Waals surface area contributed by atoms with Gasteiger partial charge in [0.2, 0.25) is 11.8 Å². The minimum absolute atomic E-state index is 0.0739. The van der Waals surface area contributed by atoms with Crippen LogP contribution in [0.15, 0.2) is 12.3 Å². The van der Waals surface area contributed by atoms with E-state index in [1.54, 1.807) is 18.7 Å². The average molecular weight is 278 g/mol. The molecular weight excluding hydrogens is 256 g/mol. The Hall–Kier alpha value is -1.85. The van der Waals surface area contributed by atoms with Crippen LogP contribution in [0, 0.1) is 0 Å². The first kappa shape index (κ1) is 14.6. The van der Waals surface area contributed by atoms with Gasteiger partial charge in [0.25, 0.3) is 0 Å². The van der Waals surface area contributed by atoms with Gasteiger partial charge in [-0.2, -0.15) is 5.10 Å². The third kappa shape index (κ3) is 2.84. The fraction of sp³-hybridized carbons (Fsp3) is 0.643. The van der Waals surface area contributed by atoms with Gasteiger partial charge in [-0.05, 0) is 33.3 Å². The highest BCUT2D eigenvalue weighted by Gasteiger charge is 2.39. The molecule has 0 bridgehead atoms. The number of aromatic nitrogens is 2. The van der Waals surface area contributed by atoms with E-state index < -0.39 is 5.54 Å². The smallest absolute Gasteiger partial charge is 0.248 e. The maximum atomic E-state index is 12.3. The van der Waals surface area contributed by atoms with E-state index in [9.17, 15) is 9.59 Å². The van der Waals surface area contributed by atoms with Gasteiger partial charge >= 0.3 is 0 Å². The number of hydrogen-bond donors (Lipinski definition) is 1. The number of carbonyl (C=O) groups excluding carboxylic acids is 2. The van der Waals surface area contributed by atoms with Crippen LogP contribution in [0.25, 0.3) is 0 Å². The van der Waals surface area contributed by atoms with Crippen LogP contribution in [0.5, 0.6) is 0 Å². The number of nitrogens with zero attached hydrogens (tertiary/aromatic N) is 3. The lowest BCUT2D eigenvalue weighted by Gasteiger charge is -2.37. The SMILES string of the molecule is CCC(C)n1ccc(CN2CC(=O)NC(C)(C)C2=O)n1. The Labute approximate surface area is 119 Å². The van der Waals surface area contributed by atoms with E-state index in [0.717, 1.165) is 12.1 Å². The zero-order valence-corrected chi connectivity index (χ0v) is 12.5. The maximum Gasteiger partial charge on any atom is 0.248 e. The molecule has 0 radical (unpaired) electrons. The normalized spacial score (nSPS) is 19.9. The lowest BCUT2D eigenvalue weighted by atomic mass is 10.0. The van der Waals surface area contributed by atoms with Crippen molar-refractivity contribution in [3.05, 3.63) is 18.0 Å². The summed E-state index contributed by atoms with van der Waals surface area (Å²) in [7, 11) is 0. The number of hydrogen-bond acceptors (Lipinski definition) is 3. The molecule has 2 amide bonds. The van der Waals surface area contributed by atoms with Gasteiger partial charge in [-0.25, -0.2) is 0 Å². The molecular formula is C14H22N4O2. The van der Waals surface area contributed by atoms with Crippen molar-refractivity contribution >= 4 is 11.8 Å². The van der Waals surface area contributed by atoms with Crippen LogP contribution in [0.1, 0.15) is 45.9 Å². The monoisotopic (exact) mass is 278 g/mol. The zero-order chi connectivity index (χ0) is 14.9. The molecule has 20 heavy (non-hydrogen) atoms. The molecule has 0 aromatic carbocycles. The van der Waals surface area contributed by atoms with Gasteiger partial charge in [0.1, 0.15) is 12.1 Å². The van der Waals surface area contributed by atoms with Gasteiger partial charge in [0.15, 0.2) is 0 Å². The van der Waals surface area contributed by atoms with E-state index in [-0.39, 0.29) is 18.4 Å². The number of nitrogens with one attached hydrogen (secondary N) is 1. The van der Waals surface area contributed by atoms with Crippen LogP contribution in [0.2, 0.25) is 0 Å². The molecule has 0 aliphatic carbocycles. The first-order valence-electron chi connectivity index (χ1n) is 6.98. The van der Waals surface area contributed by atoms with Gasteiger partial charge in [-0.15, -0.1) is 0 Å². The molecule has 6 nitrogen and oxygen atoms in total. The highest BCUT2D eigenvalue weighted by Crippen LogP contribution is 2.16. The average Bonchev–Trinajstić information content (AvgIpc) is 2.82. The molecule has 0 saturated carbocycles. The van der Waals surface area contributed by atoms with Gasteiger partial charge < -0.3 is 10.2 Å². The summed E-state index contributed by atoms with van der Waals surface area (Å²) in [5, 5.41) is 7.17. The second-order valence-electron chi connectivity index (χ2n) is 5.88. The summed E-state index contributed by atoms with van der Waals surface area (Å²) in [6.45, 7) is 8.11. The van der Waals surface area contributed by atoms with Crippen LogP contribution in [-0.2, 0) is 16.1 Å². The second-order valence-corrected chi connectivity index (χ2v) is 5.88. The van der Waals surface area contributed by atoms with Crippen LogP contribution in [-0.4, -0.2) is 38.6 Å². The van der Waals surface area contributed by atoms with Crippen molar-refractivity contribution in [2.75, 3.05) is 6.54 Å². The minimum Gasteiger partial charge on any atom is -0.341 e. The van der Waals surface area contributed by atoms with Gasteiger partial charge in [-0.3, -0.25) is 14.3 Å². The van der Waals surface area contributed by atoms with Crippen molar-refractivity contribution in [1.82, 2.24) is 20.0 Å². The summed E-state index contributed by atoms with van der Waals surface area (Å²) < 4.78 is 1.90. The van der Waals surface area contributed by atoms with E-state index in [1.165, 1.54) is 0 Å². The minimum atomic E-state index is -0.839. The lowest BCUT2D eigenvalue weighted by Crippen LogP contribution is -2.63. The summed E-state index contributed by atoms with van der Waals surface area (Å²) in [6.07, 6.45) is 2.92. The van der Waals surface area contributed by atoms with E-state index in [0.29, 0.717) is 12.6 Å². The molecule has 1 aliphatic rings. The van der Waals surface area contributed by atoms with Crippen molar-refractivity contribution in [3.63, 3.8) is 0 Å². The number of rotatable bonds is 4. The fourth-order valence-electron chi connectivity index (χ4n) is 2.30. The van der Waals surface area contributed by atoms with Crippen molar-refractivity contribution < 1.29 is 9.59 Å². The third-order valence-electron chi connectivity index (χ3n) is 3.67. The molecule has 1 aliphatic heterocycles. The first-order chi connectivity index (χ1) is 9.33. The molecule has 2 rings (SSSR count). The molecule has 1 aromatic heterocycles. The summed E-state index contributed by atoms with van der Waals surface area (Å²) in [4.78, 5) is 25.5. The fourth-order valence-corrected chi connectivity index (χ4v) is 2.30. The summed E-state index contributed by atoms with van der Waals surface area (Å²) >= 11 is 0. The Morgan fingerprint density at radius 2 is 2.15 bits per heavy atom. The zero-order valence-electron chi connectivity index (χ0n) is 12.5. The van der Waals surface area contributed by atoms with E-state index in [2.05, 4.69) is 24.3 Å². The van der Waals surface area contributed by atoms with Gasteiger partial charge in [0, 0.05) is 12.2 Å². The highest BCUT2D eigenvalue weighted by molar-refractivity contribution is 5.97. The lowest BCUT2D eigenvalue weighted by molar-refractivity contribution is -0.149. The summed E-state index contributed by atoms with van der Waals surface area (Å²) in [5.41, 5.74) is -0.0293. The predicted molar refractivity (Wildman–Crippen MR) is 74.9 cm³/mol. The Morgan fingerprint density at radius 1 is 1.45 bits per heavy atom. The van der Waals surface area contributed by atoms with Crippen molar-refractivity contribution in [2.45, 2.75) is 52.2 Å². The van der Waals surface area contributed by atoms with Crippen molar-refractivity contribution in [2.24, 2.45) is 0 Å². The quantitative estimate of drug-likeness (QED) is 0.896. The number of carbonyl (C=O) groups is 2. The Bertz CT molecular complexity index is 521. The Kier molecular flexibility index (Phi) is 3.83. The van der Waals surface area contributed by atoms with E-state index in [1.807, 2.05) is 16.9 Å². The van der Waals surface area contributed by atoms with Crippen LogP contribution >= 0.6 is 0 Å². The van der Waals surface area contributed by atoms with Crippen molar-refractivity contribution in [3.8, 4) is 0 Å². The molecule has 110 valence electrons. The predicted octanol–water partition coefficient (Wildman–Crippen LogP) is 1.09. The summed E-state index contributed by atoms with van der Waals surface area (Å²) in [5.74, 6) is -0.203. The Balaban J connectivity index is 2.11. The van der Waals surface area contributed by atoms with E-state index >= 15 is 0 Å². The maximum absolute atomic E-state index is 12.3. The first-order valence-corrected chi connectivity index (χ1v) is 6.98. The third-order valence-corrected chi connectivity index (χ3v) is 3.67. The standard InChI is InChI=1S/C14H22N4O2/c1-5-10(2)18-7-6-11(16-18)8-17-9-12(19)15-14(3,4)13(17)20/h6-7,10H,5,8-9H2,1-4H3,(H,15,19). The van der Waals surface area contributed by atoms with Crippen LogP contribution in [0.4, 0.5) is 0 Å². The summed E-state index contributed by atoms with van der Waals surface area (Å²) in [6, 6.07) is 2.24. The molecule has 1 unspecified atom stereocenters. The largest absolute Gasteiger partial charge is 0.341 e. The molecule has 1 aromatic rings. The van der Waals surface area contributed by atoms with Gasteiger partial charge in [0.05, 0.1) is 12.2 Å². The van der Waals surface area contributed by atoms with Crippen LogP contribution < -0.4 is 5.32 Å². The number of piperazine rings is 1. The molecule has 2 heterocycles. The van der Waals surface area contributed by atoms with Crippen LogP contribution in [0.3, 0.4) is 0 Å². The molecule has 0 spiro atoms. The molecule has 1 saturated heterocycles. The Morgan fingerprint density at radius 3 is 2.80 bits per heavy atom. The van der Waals surface area contributed by atoms with Gasteiger partial charge in [-0.1, -0.05) is 6.92 Å². The second kappa shape index (κ2) is 5.26. The molecule has 1 atom stereocenters. The van der Waals surface area contributed by atoms with E-state index in [4.69, 9.17) is 0 Å². The number of amides is 2. The molecule has 1 N–H and O–H groups in total. The molecule has 6 heteroatoms. The molecule has 1 fully saturated rings.